The Kier molecular flexibility index (Phi) is 5.55. The Morgan fingerprint density at radius 2 is 1.31 bits per heavy atom. The van der Waals surface area contributed by atoms with E-state index in [1.807, 2.05) is 0 Å². The molecule has 0 heterocycles. The second-order valence-corrected chi connectivity index (χ2v) is 5.05. The first-order valence-electron chi connectivity index (χ1n) is 7.03. The maximum absolute atomic E-state index is 12.4. The molecule has 2 N–H and O–H groups in total. The van der Waals surface area contributed by atoms with E-state index in [1.165, 1.54) is 25.3 Å². The fraction of sp³-hybridized carbons (Fsp3) is 0.250. The van der Waals surface area contributed by atoms with Gasteiger partial charge in [-0.25, -0.2) is 0 Å². The Balaban J connectivity index is 2.29. The second kappa shape index (κ2) is 7.32. The Bertz CT molecular complexity index is 743. The fourth-order valence-electron chi connectivity index (χ4n) is 2.21. The maximum atomic E-state index is 12.4. The number of hydrogen-bond donors (Lipinski definition) is 1. The molecule has 0 fully saturated rings. The van der Waals surface area contributed by atoms with Crippen LogP contribution in [-0.2, 0) is 0 Å². The van der Waals surface area contributed by atoms with Crippen LogP contribution in [0.4, 0.5) is 26.3 Å². The molecular weight excluding hydrogens is 368 g/mol. The first-order chi connectivity index (χ1) is 12.0. The Morgan fingerprint density at radius 3 is 1.81 bits per heavy atom. The summed E-state index contributed by atoms with van der Waals surface area (Å²) in [5.74, 6) is -0.752. The summed E-state index contributed by atoms with van der Waals surface area (Å²) in [6, 6.07) is 7.01. The molecule has 0 bridgehead atoms. The molecule has 0 radical (unpaired) electrons. The number of nitrogens with two attached hydrogens (primary N) is 1. The van der Waals surface area contributed by atoms with Gasteiger partial charge >= 0.3 is 12.7 Å². The average molecular weight is 381 g/mol. The van der Waals surface area contributed by atoms with E-state index in [1.54, 1.807) is 0 Å². The molecule has 4 nitrogen and oxygen atoms in total. The van der Waals surface area contributed by atoms with Crippen molar-refractivity contribution in [2.75, 3.05) is 7.11 Å². The van der Waals surface area contributed by atoms with Gasteiger partial charge in [0.05, 0.1) is 13.2 Å². The van der Waals surface area contributed by atoms with Crippen LogP contribution >= 0.6 is 0 Å². The molecule has 2 aromatic carbocycles. The molecule has 10 heteroatoms. The molecule has 0 saturated carbocycles. The summed E-state index contributed by atoms with van der Waals surface area (Å²) in [6.07, 6.45) is -9.72. The molecule has 0 aliphatic rings. The molecule has 0 unspecified atom stereocenters. The summed E-state index contributed by atoms with van der Waals surface area (Å²) in [7, 11) is 1.30. The van der Waals surface area contributed by atoms with Crippen molar-refractivity contribution in [1.82, 2.24) is 0 Å². The van der Waals surface area contributed by atoms with E-state index in [4.69, 9.17) is 10.5 Å². The summed E-state index contributed by atoms with van der Waals surface area (Å²) in [4.78, 5) is 0. The SMILES string of the molecule is COc1ccc(OC(F)(F)F)cc1[C@H](N)c1ccc(OC(F)(F)F)cc1. The van der Waals surface area contributed by atoms with Crippen LogP contribution in [0.15, 0.2) is 42.5 Å². The molecular formula is C16H13F6NO3. The third kappa shape index (κ3) is 5.45. The molecule has 142 valence electrons. The predicted molar refractivity (Wildman–Crippen MR) is 78.8 cm³/mol. The zero-order chi connectivity index (χ0) is 19.5. The van der Waals surface area contributed by atoms with Gasteiger partial charge in [-0.2, -0.15) is 0 Å². The van der Waals surface area contributed by atoms with E-state index in [2.05, 4.69) is 9.47 Å². The molecule has 0 amide bonds. The van der Waals surface area contributed by atoms with E-state index in [0.717, 1.165) is 24.3 Å². The van der Waals surface area contributed by atoms with Crippen molar-refractivity contribution in [2.24, 2.45) is 5.73 Å². The fourth-order valence-corrected chi connectivity index (χ4v) is 2.21. The molecule has 2 aromatic rings. The normalized spacial score (nSPS) is 13.2. The monoisotopic (exact) mass is 381 g/mol. The predicted octanol–water partition coefficient (Wildman–Crippen LogP) is 4.54. The number of hydrogen-bond acceptors (Lipinski definition) is 4. The highest BCUT2D eigenvalue weighted by atomic mass is 19.4. The van der Waals surface area contributed by atoms with Crippen LogP contribution in [0.2, 0.25) is 0 Å². The van der Waals surface area contributed by atoms with Gasteiger partial charge in [0, 0.05) is 5.56 Å². The largest absolute Gasteiger partial charge is 0.573 e. The number of ether oxygens (including phenoxy) is 3. The van der Waals surface area contributed by atoms with Crippen LogP contribution in [0.1, 0.15) is 17.2 Å². The number of rotatable bonds is 5. The van der Waals surface area contributed by atoms with Gasteiger partial charge in [0.25, 0.3) is 0 Å². The van der Waals surface area contributed by atoms with Crippen LogP contribution in [0.25, 0.3) is 0 Å². The van der Waals surface area contributed by atoms with Crippen LogP contribution in [0.5, 0.6) is 17.2 Å². The lowest BCUT2D eigenvalue weighted by atomic mass is 9.98. The Hall–Kier alpha value is -2.62. The van der Waals surface area contributed by atoms with Crippen LogP contribution < -0.4 is 19.9 Å². The van der Waals surface area contributed by atoms with Crippen LogP contribution in [0.3, 0.4) is 0 Å². The van der Waals surface area contributed by atoms with Gasteiger partial charge in [-0.15, -0.1) is 26.3 Å². The van der Waals surface area contributed by atoms with Gasteiger partial charge in [-0.3, -0.25) is 0 Å². The minimum Gasteiger partial charge on any atom is -0.496 e. The third-order valence-electron chi connectivity index (χ3n) is 3.24. The summed E-state index contributed by atoms with van der Waals surface area (Å²) < 4.78 is 86.3. The number of methoxy groups -OCH3 is 1. The maximum Gasteiger partial charge on any atom is 0.573 e. The molecule has 0 saturated heterocycles. The minimum atomic E-state index is -4.88. The van der Waals surface area contributed by atoms with E-state index >= 15 is 0 Å². The number of halogens is 6. The highest BCUT2D eigenvalue weighted by Crippen LogP contribution is 2.34. The Labute approximate surface area is 144 Å². The molecule has 0 aliphatic carbocycles. The molecule has 0 aromatic heterocycles. The minimum absolute atomic E-state index is 0.165. The smallest absolute Gasteiger partial charge is 0.496 e. The van der Waals surface area contributed by atoms with E-state index in [-0.39, 0.29) is 11.3 Å². The van der Waals surface area contributed by atoms with Gasteiger partial charge in [-0.1, -0.05) is 12.1 Å². The van der Waals surface area contributed by atoms with Gasteiger partial charge < -0.3 is 19.9 Å². The quantitative estimate of drug-likeness (QED) is 0.773. The van der Waals surface area contributed by atoms with Gasteiger partial charge in [0.1, 0.15) is 17.2 Å². The van der Waals surface area contributed by atoms with Gasteiger partial charge in [0.2, 0.25) is 0 Å². The topological polar surface area (TPSA) is 53.7 Å². The van der Waals surface area contributed by atoms with E-state index in [9.17, 15) is 26.3 Å². The molecule has 0 aliphatic heterocycles. The zero-order valence-corrected chi connectivity index (χ0v) is 13.2. The van der Waals surface area contributed by atoms with Crippen molar-refractivity contribution in [2.45, 2.75) is 18.8 Å². The second-order valence-electron chi connectivity index (χ2n) is 5.05. The van der Waals surface area contributed by atoms with Crippen molar-refractivity contribution in [3.63, 3.8) is 0 Å². The highest BCUT2D eigenvalue weighted by molar-refractivity contribution is 5.46. The molecule has 1 atom stereocenters. The first-order valence-corrected chi connectivity index (χ1v) is 7.03. The lowest BCUT2D eigenvalue weighted by Crippen LogP contribution is -2.18. The first kappa shape index (κ1) is 19.7. The molecule has 26 heavy (non-hydrogen) atoms. The van der Waals surface area contributed by atoms with Crippen LogP contribution in [0, 0.1) is 0 Å². The number of alkyl halides is 6. The highest BCUT2D eigenvalue weighted by Gasteiger charge is 2.32. The van der Waals surface area contributed by atoms with E-state index in [0.29, 0.717) is 5.56 Å². The van der Waals surface area contributed by atoms with Gasteiger partial charge in [-0.05, 0) is 35.9 Å². The van der Waals surface area contributed by atoms with Crippen molar-refractivity contribution < 1.29 is 40.6 Å². The number of benzene rings is 2. The van der Waals surface area contributed by atoms with Crippen molar-refractivity contribution in [3.05, 3.63) is 53.6 Å². The Morgan fingerprint density at radius 1 is 0.808 bits per heavy atom. The molecule has 0 spiro atoms. The lowest BCUT2D eigenvalue weighted by Gasteiger charge is -2.18. The average Bonchev–Trinajstić information content (AvgIpc) is 2.52. The third-order valence-corrected chi connectivity index (χ3v) is 3.24. The van der Waals surface area contributed by atoms with E-state index < -0.39 is 30.3 Å². The summed E-state index contributed by atoms with van der Waals surface area (Å²) in [5, 5.41) is 0. The van der Waals surface area contributed by atoms with Gasteiger partial charge in [0.15, 0.2) is 0 Å². The summed E-state index contributed by atoms with van der Waals surface area (Å²) in [6.45, 7) is 0. The standard InChI is InChI=1S/C16H13F6NO3/c1-24-13-7-6-11(26-16(20,21)22)8-12(13)14(23)9-2-4-10(5-3-9)25-15(17,18)19/h2-8,14H,23H2,1H3/t14-/m1/s1. The summed E-state index contributed by atoms with van der Waals surface area (Å²) in [5.41, 5.74) is 6.52. The lowest BCUT2D eigenvalue weighted by molar-refractivity contribution is -0.275. The van der Waals surface area contributed by atoms with Crippen molar-refractivity contribution in [1.29, 1.82) is 0 Å². The van der Waals surface area contributed by atoms with Crippen molar-refractivity contribution in [3.8, 4) is 17.2 Å². The summed E-state index contributed by atoms with van der Waals surface area (Å²) >= 11 is 0. The van der Waals surface area contributed by atoms with Crippen LogP contribution in [-0.4, -0.2) is 19.8 Å². The van der Waals surface area contributed by atoms with Crippen molar-refractivity contribution >= 4 is 0 Å². The zero-order valence-electron chi connectivity index (χ0n) is 13.2. The molecule has 2 rings (SSSR count).